The van der Waals surface area contributed by atoms with Crippen molar-refractivity contribution in [3.05, 3.63) is 95.6 Å². The fourth-order valence-electron chi connectivity index (χ4n) is 4.89. The highest BCUT2D eigenvalue weighted by atomic mass is 19.1. The topological polar surface area (TPSA) is 73.4 Å². The molecule has 3 aromatic carbocycles. The first kappa shape index (κ1) is 23.3. The second-order valence-corrected chi connectivity index (χ2v) is 9.56. The molecule has 1 aromatic heterocycles. The summed E-state index contributed by atoms with van der Waals surface area (Å²) in [4.78, 5) is 26.7. The Hall–Kier alpha value is -4.14. The Morgan fingerprint density at radius 3 is 2.49 bits per heavy atom. The number of nitrogens with one attached hydrogen (secondary N) is 2. The van der Waals surface area contributed by atoms with Crippen LogP contribution < -0.4 is 10.6 Å². The molecule has 7 nitrogen and oxygen atoms in total. The first-order chi connectivity index (χ1) is 18.0. The molecular formula is C29H27FN6O. The Kier molecular flexibility index (Phi) is 6.12. The number of hydrogen-bond donors (Lipinski definition) is 2. The zero-order valence-corrected chi connectivity index (χ0v) is 20.5. The molecule has 2 aliphatic heterocycles. The van der Waals surface area contributed by atoms with Crippen LogP contribution in [0, 0.1) is 5.82 Å². The Morgan fingerprint density at radius 2 is 1.70 bits per heavy atom. The molecule has 2 N–H and O–H groups in total. The van der Waals surface area contributed by atoms with E-state index in [2.05, 4.69) is 49.6 Å². The van der Waals surface area contributed by atoms with Gasteiger partial charge in [0.05, 0.1) is 28.0 Å². The fourth-order valence-corrected chi connectivity index (χ4v) is 4.89. The molecule has 2 aliphatic rings. The van der Waals surface area contributed by atoms with E-state index in [0.29, 0.717) is 22.5 Å². The third kappa shape index (κ3) is 4.81. The van der Waals surface area contributed by atoms with Crippen molar-refractivity contribution in [3.63, 3.8) is 0 Å². The molecule has 186 valence electrons. The lowest BCUT2D eigenvalue weighted by atomic mass is 9.99. The van der Waals surface area contributed by atoms with E-state index in [4.69, 9.17) is 0 Å². The number of likely N-dealkylation sites (N-methyl/N-ethyl adjacent to an activating group) is 1. The van der Waals surface area contributed by atoms with Crippen molar-refractivity contribution in [2.24, 2.45) is 0 Å². The quantitative estimate of drug-likeness (QED) is 0.400. The third-order valence-corrected chi connectivity index (χ3v) is 6.96. The summed E-state index contributed by atoms with van der Waals surface area (Å²) >= 11 is 0. The molecule has 0 atom stereocenters. The predicted octanol–water partition coefficient (Wildman–Crippen LogP) is 4.45. The Balaban J connectivity index is 1.36. The van der Waals surface area contributed by atoms with Crippen LogP contribution in [0.15, 0.2) is 73.1 Å². The maximum absolute atomic E-state index is 13.9. The molecule has 0 saturated carbocycles. The summed E-state index contributed by atoms with van der Waals surface area (Å²) in [5.41, 5.74) is 6.57. The molecule has 1 fully saturated rings. The number of aromatic nitrogens is 2. The van der Waals surface area contributed by atoms with Crippen molar-refractivity contribution in [2.75, 3.05) is 43.9 Å². The van der Waals surface area contributed by atoms with Crippen LogP contribution >= 0.6 is 0 Å². The van der Waals surface area contributed by atoms with E-state index in [0.717, 1.165) is 55.0 Å². The number of hydrogen-bond acceptors (Lipinski definition) is 6. The van der Waals surface area contributed by atoms with Gasteiger partial charge >= 0.3 is 0 Å². The minimum atomic E-state index is -0.397. The monoisotopic (exact) mass is 494 g/mol. The second-order valence-electron chi connectivity index (χ2n) is 9.56. The van der Waals surface area contributed by atoms with Gasteiger partial charge in [-0.1, -0.05) is 18.2 Å². The number of benzene rings is 3. The molecule has 37 heavy (non-hydrogen) atoms. The van der Waals surface area contributed by atoms with Gasteiger partial charge < -0.3 is 15.5 Å². The average Bonchev–Trinajstić information content (AvgIpc) is 3.23. The van der Waals surface area contributed by atoms with E-state index in [1.165, 1.54) is 17.7 Å². The van der Waals surface area contributed by atoms with Gasteiger partial charge in [0.2, 0.25) is 0 Å². The minimum absolute atomic E-state index is 0.283. The normalized spacial score (nSPS) is 17.5. The Bertz CT molecular complexity index is 1510. The molecule has 3 heterocycles. The summed E-state index contributed by atoms with van der Waals surface area (Å²) in [7, 11) is 2.16. The van der Waals surface area contributed by atoms with Gasteiger partial charge in [0.15, 0.2) is 0 Å². The minimum Gasteiger partial charge on any atom is -0.354 e. The molecular weight excluding hydrogens is 467 g/mol. The summed E-state index contributed by atoms with van der Waals surface area (Å²) in [6.07, 6.45) is 3.30. The van der Waals surface area contributed by atoms with Gasteiger partial charge in [-0.15, -0.1) is 0 Å². The molecule has 0 spiro atoms. The first-order valence-corrected chi connectivity index (χ1v) is 12.4. The second kappa shape index (κ2) is 9.72. The lowest BCUT2D eigenvalue weighted by Crippen LogP contribution is -2.43. The lowest BCUT2D eigenvalue weighted by Gasteiger charge is -2.32. The van der Waals surface area contributed by atoms with Gasteiger partial charge in [-0.2, -0.15) is 0 Å². The van der Waals surface area contributed by atoms with Crippen LogP contribution in [0.5, 0.6) is 0 Å². The van der Waals surface area contributed by atoms with Crippen molar-refractivity contribution in [1.29, 1.82) is 0 Å². The van der Waals surface area contributed by atoms with Crippen molar-refractivity contribution < 1.29 is 9.18 Å². The smallest absolute Gasteiger partial charge is 0.258 e. The molecule has 0 bridgehead atoms. The van der Waals surface area contributed by atoms with E-state index in [-0.39, 0.29) is 5.91 Å². The summed E-state index contributed by atoms with van der Waals surface area (Å²) in [6.45, 7) is 5.20. The predicted molar refractivity (Wildman–Crippen MR) is 144 cm³/mol. The zero-order chi connectivity index (χ0) is 25.4. The highest BCUT2D eigenvalue weighted by molar-refractivity contribution is 6.37. The maximum Gasteiger partial charge on any atom is 0.258 e. The van der Waals surface area contributed by atoms with E-state index >= 15 is 0 Å². The Morgan fingerprint density at radius 1 is 0.946 bits per heavy atom. The molecule has 8 heteroatoms. The van der Waals surface area contributed by atoms with Crippen LogP contribution in [0.1, 0.15) is 16.7 Å². The molecule has 0 aliphatic carbocycles. The SMILES string of the molecule is CN1CCN(Cc2ccc(N/C(=C3\C(=O)Nc4cc(F)ccc43)c3ccc4nccnc4c3)cc2)CC1. The van der Waals surface area contributed by atoms with Crippen molar-refractivity contribution in [2.45, 2.75) is 6.54 Å². The number of carbonyl (C=O) groups is 1. The highest BCUT2D eigenvalue weighted by Crippen LogP contribution is 2.38. The van der Waals surface area contributed by atoms with Crippen molar-refractivity contribution >= 4 is 39.6 Å². The van der Waals surface area contributed by atoms with Crippen molar-refractivity contribution in [1.82, 2.24) is 19.8 Å². The third-order valence-electron chi connectivity index (χ3n) is 6.96. The van der Waals surface area contributed by atoms with Gasteiger partial charge in [0.1, 0.15) is 5.82 Å². The van der Waals surface area contributed by atoms with Crippen LogP contribution in [-0.2, 0) is 11.3 Å². The molecule has 0 radical (unpaired) electrons. The fraction of sp³-hybridized carbons (Fsp3) is 0.207. The zero-order valence-electron chi connectivity index (χ0n) is 20.5. The van der Waals surface area contributed by atoms with Gasteiger partial charge in [0.25, 0.3) is 5.91 Å². The number of anilines is 2. The first-order valence-electron chi connectivity index (χ1n) is 12.4. The number of piperazine rings is 1. The molecule has 4 aromatic rings. The van der Waals surface area contributed by atoms with Crippen LogP contribution in [0.25, 0.3) is 22.3 Å². The van der Waals surface area contributed by atoms with E-state index < -0.39 is 5.82 Å². The van der Waals surface area contributed by atoms with Crippen LogP contribution in [0.3, 0.4) is 0 Å². The average molecular weight is 495 g/mol. The molecule has 1 saturated heterocycles. The van der Waals surface area contributed by atoms with Crippen LogP contribution in [0.4, 0.5) is 15.8 Å². The van der Waals surface area contributed by atoms with E-state index in [1.54, 1.807) is 18.5 Å². The number of rotatable bonds is 5. The van der Waals surface area contributed by atoms with E-state index in [9.17, 15) is 9.18 Å². The number of halogens is 1. The van der Waals surface area contributed by atoms with Crippen LogP contribution in [0.2, 0.25) is 0 Å². The molecule has 6 rings (SSSR count). The summed E-state index contributed by atoms with van der Waals surface area (Å²) in [5.74, 6) is -0.680. The van der Waals surface area contributed by atoms with Gasteiger partial charge in [0, 0.05) is 61.9 Å². The number of amides is 1. The Labute approximate surface area is 214 Å². The number of nitrogens with zero attached hydrogens (tertiary/aromatic N) is 4. The summed E-state index contributed by atoms with van der Waals surface area (Å²) < 4.78 is 13.9. The number of fused-ring (bicyclic) bond motifs is 2. The van der Waals surface area contributed by atoms with E-state index in [1.807, 2.05) is 30.3 Å². The summed E-state index contributed by atoms with van der Waals surface area (Å²) in [6, 6.07) is 18.4. The standard InChI is InChI=1S/C29H27FN6O/c1-35-12-14-36(15-13-35)18-19-2-6-22(7-3-19)33-28(20-4-9-24-26(16-20)32-11-10-31-24)27-23-8-5-21(30)17-25(23)34-29(27)37/h2-11,16-17,33H,12-15,18H2,1H3,(H,34,37)/b28-27-. The maximum atomic E-state index is 13.9. The molecule has 1 amide bonds. The lowest BCUT2D eigenvalue weighted by molar-refractivity contribution is -0.110. The highest BCUT2D eigenvalue weighted by Gasteiger charge is 2.29. The van der Waals surface area contributed by atoms with Crippen LogP contribution in [-0.4, -0.2) is 58.9 Å². The summed E-state index contributed by atoms with van der Waals surface area (Å²) in [5, 5.41) is 6.29. The van der Waals surface area contributed by atoms with Gasteiger partial charge in [-0.25, -0.2) is 4.39 Å². The van der Waals surface area contributed by atoms with Gasteiger partial charge in [-0.05, 0) is 55.1 Å². The number of carbonyl (C=O) groups excluding carboxylic acids is 1. The van der Waals surface area contributed by atoms with Crippen molar-refractivity contribution in [3.8, 4) is 0 Å². The largest absolute Gasteiger partial charge is 0.354 e. The molecule has 0 unspecified atom stereocenters. The van der Waals surface area contributed by atoms with Gasteiger partial charge in [-0.3, -0.25) is 19.7 Å².